The Morgan fingerprint density at radius 3 is 2.75 bits per heavy atom. The number of rotatable bonds is 2. The van der Waals surface area contributed by atoms with Gasteiger partial charge in [0.25, 0.3) is 5.91 Å². The van der Waals surface area contributed by atoms with Gasteiger partial charge in [-0.3, -0.25) is 4.79 Å². The minimum absolute atomic E-state index is 0.0572. The minimum atomic E-state index is -0.434. The summed E-state index contributed by atoms with van der Waals surface area (Å²) < 4.78 is 13.1. The fourth-order valence-corrected chi connectivity index (χ4v) is 3.38. The van der Waals surface area contributed by atoms with Gasteiger partial charge in [-0.1, -0.05) is 12.1 Å². The van der Waals surface area contributed by atoms with Crippen LogP contribution >= 0.6 is 0 Å². The molecule has 2 aromatic rings. The molecule has 7 heteroatoms. The predicted octanol–water partition coefficient (Wildman–Crippen LogP) is 0.637. The van der Waals surface area contributed by atoms with E-state index < -0.39 is 6.10 Å². The van der Waals surface area contributed by atoms with Crippen LogP contribution in [-0.2, 0) is 21.3 Å². The van der Waals surface area contributed by atoms with Gasteiger partial charge in [0.15, 0.2) is 6.10 Å². The van der Waals surface area contributed by atoms with Gasteiger partial charge in [0.05, 0.1) is 37.4 Å². The van der Waals surface area contributed by atoms with Gasteiger partial charge in [-0.2, -0.15) is 0 Å². The van der Waals surface area contributed by atoms with Gasteiger partial charge in [-0.05, 0) is 12.1 Å². The van der Waals surface area contributed by atoms with E-state index in [0.29, 0.717) is 39.5 Å². The molecule has 0 radical (unpaired) electrons. The molecule has 128 valence electrons. The van der Waals surface area contributed by atoms with E-state index >= 15 is 0 Å². The Bertz CT molecular complexity index is 739. The largest absolute Gasteiger partial charge is 0.378 e. The maximum atomic E-state index is 12.7. The molecule has 0 saturated carbocycles. The lowest BCUT2D eigenvalue weighted by Gasteiger charge is -2.36. The average molecular weight is 330 g/mol. The average Bonchev–Trinajstić information content (AvgIpc) is 2.99. The number of aromatic nitrogens is 2. The van der Waals surface area contributed by atoms with Crippen molar-refractivity contribution in [3.8, 4) is 0 Å². The molecule has 2 aliphatic rings. The van der Waals surface area contributed by atoms with Gasteiger partial charge in [0.1, 0.15) is 0 Å². The number of imidazole rings is 1. The molecule has 2 saturated heterocycles. The molecular formula is C17H22N4O3. The number of aryl methyl sites for hydroxylation is 1. The molecule has 0 bridgehead atoms. The van der Waals surface area contributed by atoms with Crippen LogP contribution in [0.3, 0.4) is 0 Å². The monoisotopic (exact) mass is 330 g/mol. The van der Waals surface area contributed by atoms with Gasteiger partial charge >= 0.3 is 0 Å². The Kier molecular flexibility index (Phi) is 4.12. The van der Waals surface area contributed by atoms with Crippen LogP contribution in [0.2, 0.25) is 0 Å². The van der Waals surface area contributed by atoms with Gasteiger partial charge in [-0.25, -0.2) is 4.98 Å². The van der Waals surface area contributed by atoms with Gasteiger partial charge in [0, 0.05) is 26.7 Å². The number of carbonyl (C=O) groups excluding carboxylic acids is 1. The highest BCUT2D eigenvalue weighted by Crippen LogP contribution is 2.23. The third-order valence-corrected chi connectivity index (χ3v) is 4.71. The van der Waals surface area contributed by atoms with Crippen molar-refractivity contribution in [3.63, 3.8) is 0 Å². The minimum Gasteiger partial charge on any atom is -0.378 e. The Hall–Kier alpha value is -2.12. The molecule has 1 aromatic heterocycles. The second-order valence-corrected chi connectivity index (χ2v) is 6.20. The Morgan fingerprint density at radius 2 is 1.96 bits per heavy atom. The summed E-state index contributed by atoms with van der Waals surface area (Å²) in [6.07, 6.45) is -0.434. The number of hydrogen-bond donors (Lipinski definition) is 0. The number of ether oxygens (including phenoxy) is 2. The van der Waals surface area contributed by atoms with Crippen LogP contribution in [-0.4, -0.2) is 72.5 Å². The maximum absolute atomic E-state index is 12.7. The first-order chi connectivity index (χ1) is 11.7. The summed E-state index contributed by atoms with van der Waals surface area (Å²) in [6, 6.07) is 8.07. The van der Waals surface area contributed by atoms with Crippen LogP contribution < -0.4 is 4.90 Å². The fourth-order valence-electron chi connectivity index (χ4n) is 3.38. The quantitative estimate of drug-likeness (QED) is 0.809. The first-order valence-electron chi connectivity index (χ1n) is 8.38. The van der Waals surface area contributed by atoms with Crippen molar-refractivity contribution in [2.24, 2.45) is 7.05 Å². The van der Waals surface area contributed by atoms with Crippen LogP contribution in [0, 0.1) is 0 Å². The Morgan fingerprint density at radius 1 is 1.17 bits per heavy atom. The summed E-state index contributed by atoms with van der Waals surface area (Å²) in [4.78, 5) is 21.4. The van der Waals surface area contributed by atoms with E-state index in [0.717, 1.165) is 23.5 Å². The molecule has 2 aliphatic heterocycles. The predicted molar refractivity (Wildman–Crippen MR) is 90.1 cm³/mol. The molecular weight excluding hydrogens is 308 g/mol. The normalized spacial score (nSPS) is 22.1. The second kappa shape index (κ2) is 6.41. The number of amides is 1. The third-order valence-electron chi connectivity index (χ3n) is 4.71. The van der Waals surface area contributed by atoms with E-state index in [9.17, 15) is 4.79 Å². The summed E-state index contributed by atoms with van der Waals surface area (Å²) in [7, 11) is 2.01. The van der Waals surface area contributed by atoms with Gasteiger partial charge in [-0.15, -0.1) is 0 Å². The number of fused-ring (bicyclic) bond motifs is 1. The van der Waals surface area contributed by atoms with E-state index in [4.69, 9.17) is 14.5 Å². The highest BCUT2D eigenvalue weighted by atomic mass is 16.5. The molecule has 1 amide bonds. The molecule has 0 aliphatic carbocycles. The molecule has 2 fully saturated rings. The number of morpholine rings is 2. The zero-order valence-corrected chi connectivity index (χ0v) is 13.9. The molecule has 1 aromatic carbocycles. The first kappa shape index (κ1) is 15.4. The van der Waals surface area contributed by atoms with Crippen LogP contribution in [0.15, 0.2) is 24.3 Å². The molecule has 7 nitrogen and oxygen atoms in total. The Labute approximate surface area is 140 Å². The van der Waals surface area contributed by atoms with Crippen molar-refractivity contribution >= 4 is 22.9 Å². The van der Waals surface area contributed by atoms with Crippen molar-refractivity contribution in [3.05, 3.63) is 24.3 Å². The lowest BCUT2D eigenvalue weighted by Crippen LogP contribution is -2.53. The van der Waals surface area contributed by atoms with Crippen LogP contribution in [0.25, 0.3) is 11.0 Å². The third kappa shape index (κ3) is 2.74. The van der Waals surface area contributed by atoms with Crippen molar-refractivity contribution < 1.29 is 14.3 Å². The number of anilines is 1. The van der Waals surface area contributed by atoms with Gasteiger partial charge < -0.3 is 23.8 Å². The molecule has 24 heavy (non-hydrogen) atoms. The summed E-state index contributed by atoms with van der Waals surface area (Å²) in [5.74, 6) is 0.945. The molecule has 4 rings (SSSR count). The highest BCUT2D eigenvalue weighted by molar-refractivity contribution is 5.82. The molecule has 3 heterocycles. The topological polar surface area (TPSA) is 59.8 Å². The van der Waals surface area contributed by atoms with Crippen molar-refractivity contribution in [1.82, 2.24) is 14.5 Å². The standard InChI is InChI=1S/C17H22N4O3/c1-19-14-5-3-2-4-13(14)18-17(19)21-8-11-24-15(12-21)16(22)20-6-9-23-10-7-20/h2-5,15H,6-12H2,1H3. The highest BCUT2D eigenvalue weighted by Gasteiger charge is 2.32. The summed E-state index contributed by atoms with van der Waals surface area (Å²) in [6.45, 7) is 4.30. The van der Waals surface area contributed by atoms with Crippen LogP contribution in [0.1, 0.15) is 0 Å². The first-order valence-corrected chi connectivity index (χ1v) is 8.38. The van der Waals surface area contributed by atoms with Crippen LogP contribution in [0.4, 0.5) is 5.95 Å². The number of nitrogens with zero attached hydrogens (tertiary/aromatic N) is 4. The number of hydrogen-bond acceptors (Lipinski definition) is 5. The summed E-state index contributed by atoms with van der Waals surface area (Å²) in [5.41, 5.74) is 2.06. The molecule has 1 atom stereocenters. The van der Waals surface area contributed by atoms with E-state index in [-0.39, 0.29) is 5.91 Å². The maximum Gasteiger partial charge on any atom is 0.253 e. The zero-order chi connectivity index (χ0) is 16.5. The lowest BCUT2D eigenvalue weighted by molar-refractivity contribution is -0.148. The fraction of sp³-hybridized carbons (Fsp3) is 0.529. The van der Waals surface area contributed by atoms with Crippen molar-refractivity contribution in [1.29, 1.82) is 0 Å². The number of para-hydroxylation sites is 2. The zero-order valence-electron chi connectivity index (χ0n) is 13.9. The summed E-state index contributed by atoms with van der Waals surface area (Å²) in [5, 5.41) is 0. The lowest BCUT2D eigenvalue weighted by atomic mass is 10.2. The molecule has 0 spiro atoms. The van der Waals surface area contributed by atoms with Crippen molar-refractivity contribution in [2.45, 2.75) is 6.10 Å². The van der Waals surface area contributed by atoms with E-state index in [1.54, 1.807) is 0 Å². The van der Waals surface area contributed by atoms with Gasteiger partial charge in [0.2, 0.25) is 5.95 Å². The summed E-state index contributed by atoms with van der Waals surface area (Å²) >= 11 is 0. The SMILES string of the molecule is Cn1c(N2CCOC(C(=O)N3CCOCC3)C2)nc2ccccc21. The van der Waals surface area contributed by atoms with Crippen LogP contribution in [0.5, 0.6) is 0 Å². The second-order valence-electron chi connectivity index (χ2n) is 6.20. The molecule has 1 unspecified atom stereocenters. The smallest absolute Gasteiger partial charge is 0.253 e. The number of carbonyl (C=O) groups is 1. The van der Waals surface area contributed by atoms with E-state index in [1.807, 2.05) is 30.1 Å². The van der Waals surface area contributed by atoms with E-state index in [2.05, 4.69) is 15.5 Å². The van der Waals surface area contributed by atoms with E-state index in [1.165, 1.54) is 0 Å². The Balaban J connectivity index is 1.53. The number of benzene rings is 1. The molecule has 0 N–H and O–H groups in total. The van der Waals surface area contributed by atoms with Crippen molar-refractivity contribution in [2.75, 3.05) is 50.9 Å².